The number of aromatic nitrogens is 4. The molecule has 1 atom stereocenters. The van der Waals surface area contributed by atoms with Crippen molar-refractivity contribution in [1.29, 1.82) is 0 Å². The van der Waals surface area contributed by atoms with E-state index in [1.807, 2.05) is 0 Å². The first-order valence-corrected chi connectivity index (χ1v) is 7.10. The van der Waals surface area contributed by atoms with Gasteiger partial charge in [0.2, 0.25) is 5.91 Å². The van der Waals surface area contributed by atoms with E-state index in [0.717, 1.165) is 17.5 Å². The molecule has 9 nitrogen and oxygen atoms in total. The van der Waals surface area contributed by atoms with E-state index in [4.69, 9.17) is 0 Å². The third-order valence-electron chi connectivity index (χ3n) is 3.93. The molecule has 1 aliphatic rings. The number of amides is 1. The number of fused-ring (bicyclic) bond motifs is 1. The minimum Gasteiger partial charge on any atom is -0.350 e. The highest BCUT2D eigenvalue weighted by atomic mass is 16.2. The minimum atomic E-state index is -0.545. The highest BCUT2D eigenvalue weighted by Crippen LogP contribution is 2.03. The summed E-state index contributed by atoms with van der Waals surface area (Å²) in [6.45, 7) is 1.27. The lowest BCUT2D eigenvalue weighted by molar-refractivity contribution is -0.122. The molecule has 2 aromatic heterocycles. The van der Waals surface area contributed by atoms with Crippen LogP contribution in [0.1, 0.15) is 6.42 Å². The van der Waals surface area contributed by atoms with Gasteiger partial charge in [0.1, 0.15) is 6.54 Å². The smallest absolute Gasteiger partial charge is 0.332 e. The first-order chi connectivity index (χ1) is 10.5. The molecule has 2 aromatic rings. The third-order valence-corrected chi connectivity index (χ3v) is 3.93. The number of carbonyl (C=O) groups excluding carboxylic acids is 1. The Labute approximate surface area is 125 Å². The second-order valence-corrected chi connectivity index (χ2v) is 5.52. The number of aryl methyl sites for hydroxylation is 2. The molecule has 1 unspecified atom stereocenters. The van der Waals surface area contributed by atoms with Crippen molar-refractivity contribution >= 4 is 17.1 Å². The zero-order chi connectivity index (χ0) is 15.9. The maximum atomic E-state index is 12.5. The first-order valence-electron chi connectivity index (χ1n) is 7.10. The molecule has 22 heavy (non-hydrogen) atoms. The molecule has 0 spiro atoms. The SMILES string of the molecule is Cn1cnc2c1c(=O)n(CC(=O)NC1CCNC1)c(=O)n2C. The summed E-state index contributed by atoms with van der Waals surface area (Å²) < 4.78 is 3.77. The zero-order valence-corrected chi connectivity index (χ0v) is 12.5. The van der Waals surface area contributed by atoms with E-state index in [9.17, 15) is 14.4 Å². The fraction of sp³-hybridized carbons (Fsp3) is 0.538. The molecule has 1 saturated heterocycles. The molecule has 1 amide bonds. The van der Waals surface area contributed by atoms with E-state index in [-0.39, 0.29) is 18.5 Å². The van der Waals surface area contributed by atoms with Crippen LogP contribution in [0.25, 0.3) is 11.2 Å². The molecule has 0 aromatic carbocycles. The predicted molar refractivity (Wildman–Crippen MR) is 79.6 cm³/mol. The van der Waals surface area contributed by atoms with Gasteiger partial charge in [0.15, 0.2) is 11.2 Å². The van der Waals surface area contributed by atoms with Crippen LogP contribution in [0.4, 0.5) is 0 Å². The van der Waals surface area contributed by atoms with Crippen LogP contribution in [-0.2, 0) is 25.4 Å². The summed E-state index contributed by atoms with van der Waals surface area (Å²) in [5.74, 6) is -0.339. The van der Waals surface area contributed by atoms with Crippen molar-refractivity contribution in [3.8, 4) is 0 Å². The van der Waals surface area contributed by atoms with Crippen LogP contribution in [-0.4, -0.2) is 43.7 Å². The Morgan fingerprint density at radius 3 is 2.91 bits per heavy atom. The third kappa shape index (κ3) is 2.33. The Kier molecular flexibility index (Phi) is 3.57. The van der Waals surface area contributed by atoms with Crippen LogP contribution in [0.2, 0.25) is 0 Å². The fourth-order valence-electron chi connectivity index (χ4n) is 2.73. The Bertz CT molecular complexity index is 840. The lowest BCUT2D eigenvalue weighted by atomic mass is 10.2. The van der Waals surface area contributed by atoms with Crippen molar-refractivity contribution in [2.24, 2.45) is 14.1 Å². The van der Waals surface area contributed by atoms with E-state index < -0.39 is 11.2 Å². The first kappa shape index (κ1) is 14.5. The van der Waals surface area contributed by atoms with Crippen molar-refractivity contribution in [2.45, 2.75) is 19.0 Å². The van der Waals surface area contributed by atoms with Gasteiger partial charge in [-0.2, -0.15) is 0 Å². The second kappa shape index (κ2) is 5.41. The molecule has 9 heteroatoms. The summed E-state index contributed by atoms with van der Waals surface area (Å²) in [6.07, 6.45) is 2.32. The summed E-state index contributed by atoms with van der Waals surface area (Å²) in [7, 11) is 3.21. The topological polar surface area (TPSA) is 103 Å². The highest BCUT2D eigenvalue weighted by Gasteiger charge is 2.20. The lowest BCUT2D eigenvalue weighted by Gasteiger charge is -2.12. The van der Waals surface area contributed by atoms with Gasteiger partial charge in [-0.25, -0.2) is 14.3 Å². The van der Waals surface area contributed by atoms with Crippen molar-refractivity contribution in [3.63, 3.8) is 0 Å². The lowest BCUT2D eigenvalue weighted by Crippen LogP contribution is -2.45. The van der Waals surface area contributed by atoms with Crippen LogP contribution in [0.15, 0.2) is 15.9 Å². The van der Waals surface area contributed by atoms with Gasteiger partial charge in [0.25, 0.3) is 5.56 Å². The average molecular weight is 306 g/mol. The van der Waals surface area contributed by atoms with Crippen LogP contribution >= 0.6 is 0 Å². The van der Waals surface area contributed by atoms with Gasteiger partial charge in [0.05, 0.1) is 6.33 Å². The summed E-state index contributed by atoms with van der Waals surface area (Å²) in [6, 6.07) is 0.0486. The second-order valence-electron chi connectivity index (χ2n) is 5.52. The summed E-state index contributed by atoms with van der Waals surface area (Å²) in [5, 5.41) is 5.97. The molecule has 0 saturated carbocycles. The van der Waals surface area contributed by atoms with Crippen molar-refractivity contribution in [3.05, 3.63) is 27.2 Å². The van der Waals surface area contributed by atoms with Gasteiger partial charge in [0, 0.05) is 26.7 Å². The number of carbonyl (C=O) groups is 1. The van der Waals surface area contributed by atoms with Gasteiger partial charge in [-0.3, -0.25) is 14.2 Å². The highest BCUT2D eigenvalue weighted by molar-refractivity contribution is 5.77. The normalized spacial score (nSPS) is 18.0. The molecule has 118 valence electrons. The Morgan fingerprint density at radius 2 is 2.23 bits per heavy atom. The summed E-state index contributed by atoms with van der Waals surface area (Å²) >= 11 is 0. The number of rotatable bonds is 3. The van der Waals surface area contributed by atoms with Crippen molar-refractivity contribution < 1.29 is 4.79 Å². The number of nitrogens with zero attached hydrogens (tertiary/aromatic N) is 4. The van der Waals surface area contributed by atoms with Gasteiger partial charge in [-0.1, -0.05) is 0 Å². The van der Waals surface area contributed by atoms with Gasteiger partial charge >= 0.3 is 5.69 Å². The zero-order valence-electron chi connectivity index (χ0n) is 12.5. The molecular formula is C13H18N6O3. The van der Waals surface area contributed by atoms with E-state index >= 15 is 0 Å². The number of hydrogen-bond donors (Lipinski definition) is 2. The standard InChI is InChI=1S/C13H18N6O3/c1-17-7-15-11-10(17)12(21)19(13(22)18(11)2)6-9(20)16-8-3-4-14-5-8/h7-8,14H,3-6H2,1-2H3,(H,16,20). The Morgan fingerprint density at radius 1 is 1.45 bits per heavy atom. The predicted octanol–water partition coefficient (Wildman–Crippen LogP) is -2.09. The molecule has 0 bridgehead atoms. The molecular weight excluding hydrogens is 288 g/mol. The summed E-state index contributed by atoms with van der Waals surface area (Å²) in [5.41, 5.74) is -0.430. The fourth-order valence-corrected chi connectivity index (χ4v) is 2.73. The van der Waals surface area contributed by atoms with Crippen LogP contribution in [0.5, 0.6) is 0 Å². The Balaban J connectivity index is 1.96. The van der Waals surface area contributed by atoms with Crippen LogP contribution < -0.4 is 21.9 Å². The van der Waals surface area contributed by atoms with Crippen molar-refractivity contribution in [2.75, 3.05) is 13.1 Å². The maximum Gasteiger partial charge on any atom is 0.332 e. The van der Waals surface area contributed by atoms with Crippen molar-refractivity contribution in [1.82, 2.24) is 29.3 Å². The average Bonchev–Trinajstić information content (AvgIpc) is 3.11. The van der Waals surface area contributed by atoms with E-state index in [1.54, 1.807) is 11.6 Å². The molecule has 2 N–H and O–H groups in total. The van der Waals surface area contributed by atoms with E-state index in [1.165, 1.54) is 17.9 Å². The van der Waals surface area contributed by atoms with Gasteiger partial charge in [-0.05, 0) is 13.0 Å². The van der Waals surface area contributed by atoms with Crippen LogP contribution in [0, 0.1) is 0 Å². The van der Waals surface area contributed by atoms with Gasteiger partial charge in [-0.15, -0.1) is 0 Å². The largest absolute Gasteiger partial charge is 0.350 e. The molecule has 3 heterocycles. The molecule has 1 fully saturated rings. The molecule has 0 radical (unpaired) electrons. The maximum absolute atomic E-state index is 12.5. The number of nitrogens with one attached hydrogen (secondary N) is 2. The van der Waals surface area contributed by atoms with Crippen LogP contribution in [0.3, 0.4) is 0 Å². The van der Waals surface area contributed by atoms with E-state index in [2.05, 4.69) is 15.6 Å². The number of hydrogen-bond acceptors (Lipinski definition) is 5. The number of imidazole rings is 1. The van der Waals surface area contributed by atoms with E-state index in [0.29, 0.717) is 17.7 Å². The molecule has 3 rings (SSSR count). The summed E-state index contributed by atoms with van der Waals surface area (Å²) in [4.78, 5) is 40.8. The molecule has 0 aliphatic carbocycles. The molecule has 1 aliphatic heterocycles. The monoisotopic (exact) mass is 306 g/mol. The minimum absolute atomic E-state index is 0.0486. The van der Waals surface area contributed by atoms with Gasteiger partial charge < -0.3 is 15.2 Å². The quantitative estimate of drug-likeness (QED) is 0.677. The Hall–Kier alpha value is -2.42.